The van der Waals surface area contributed by atoms with Crippen LogP contribution in [0.4, 0.5) is 0 Å². The summed E-state index contributed by atoms with van der Waals surface area (Å²) in [4.78, 5) is 12.0. The lowest BCUT2D eigenvalue weighted by Crippen LogP contribution is -2.20. The highest BCUT2D eigenvalue weighted by atomic mass is 31.2. The third kappa shape index (κ3) is 3.49. The number of carbonyl (C=O) groups excluding carboxylic acids is 1. The highest BCUT2D eigenvalue weighted by Crippen LogP contribution is 2.69. The van der Waals surface area contributed by atoms with Gasteiger partial charge in [-0.1, -0.05) is 37.3 Å². The average Bonchev–Trinajstić information content (AvgIpc) is 2.43. The fourth-order valence-corrected chi connectivity index (χ4v) is 5.75. The van der Waals surface area contributed by atoms with Crippen molar-refractivity contribution in [3.05, 3.63) is 47.2 Å². The Morgan fingerprint density at radius 1 is 1.15 bits per heavy atom. The van der Waals surface area contributed by atoms with Crippen molar-refractivity contribution < 1.29 is 9.90 Å². The fraction of sp³-hybridized carbons (Fsp3) is 0.471. The second-order valence-electron chi connectivity index (χ2n) is 5.45. The maximum Gasteiger partial charge on any atom is 0.159 e. The Morgan fingerprint density at radius 2 is 1.65 bits per heavy atom. The lowest BCUT2D eigenvalue weighted by atomic mass is 10.0. The van der Waals surface area contributed by atoms with E-state index < -0.39 is 7.26 Å². The maximum absolute atomic E-state index is 12.0. The van der Waals surface area contributed by atoms with E-state index in [1.165, 1.54) is 13.8 Å². The highest BCUT2D eigenvalue weighted by Gasteiger charge is 2.42. The molecule has 0 spiro atoms. The molecule has 2 nitrogen and oxygen atoms in total. The Morgan fingerprint density at radius 3 is 2.00 bits per heavy atom. The summed E-state index contributed by atoms with van der Waals surface area (Å²) in [5.41, 5.74) is 1.57. The van der Waals surface area contributed by atoms with Gasteiger partial charge >= 0.3 is 0 Å². The summed E-state index contributed by atoms with van der Waals surface area (Å²) in [7, 11) is -1.41. The first-order valence-corrected chi connectivity index (χ1v) is 9.82. The van der Waals surface area contributed by atoms with Crippen molar-refractivity contribution in [3.63, 3.8) is 0 Å². The predicted molar refractivity (Wildman–Crippen MR) is 86.5 cm³/mol. The zero-order valence-electron chi connectivity index (χ0n) is 13.1. The molecule has 0 bridgehead atoms. The monoisotopic (exact) mass is 292 g/mol. The summed E-state index contributed by atoms with van der Waals surface area (Å²) >= 11 is 0. The normalized spacial score (nSPS) is 14.7. The molecule has 3 heteroatoms. The molecular weight excluding hydrogens is 267 g/mol. The zero-order valence-corrected chi connectivity index (χ0v) is 14.0. The first kappa shape index (κ1) is 16.9. The minimum atomic E-state index is -1.41. The SMILES string of the molecule is CC[P+](C)(CC)C(/C(C(C)=O)=C(/C)[O-])c1ccccc1. The van der Waals surface area contributed by atoms with Crippen LogP contribution in [0.5, 0.6) is 0 Å². The summed E-state index contributed by atoms with van der Waals surface area (Å²) in [6.07, 6.45) is 2.07. The van der Waals surface area contributed by atoms with Gasteiger partial charge in [0.15, 0.2) is 5.78 Å². The van der Waals surface area contributed by atoms with Crippen LogP contribution in [0.25, 0.3) is 0 Å². The van der Waals surface area contributed by atoms with Gasteiger partial charge in [-0.15, -0.1) is 5.76 Å². The molecule has 0 saturated carbocycles. The van der Waals surface area contributed by atoms with Gasteiger partial charge in [-0.05, 0) is 26.3 Å². The first-order chi connectivity index (χ1) is 9.37. The minimum absolute atomic E-state index is 0.0197. The Labute approximate surface area is 123 Å². The quantitative estimate of drug-likeness (QED) is 0.456. The standard InChI is InChI=1S/C17H25O2P/c1-6-20(5,7-2)17(15-11-9-8-10-12-15)16(13(3)18)14(4)19/h8-12,17H,6-7H2,1-5H3. The summed E-state index contributed by atoms with van der Waals surface area (Å²) in [5, 5.41) is 12.0. The van der Waals surface area contributed by atoms with E-state index in [9.17, 15) is 9.90 Å². The number of carbonyl (C=O) groups is 1. The van der Waals surface area contributed by atoms with Gasteiger partial charge in [0.25, 0.3) is 0 Å². The molecule has 0 aromatic heterocycles. The number of hydrogen-bond donors (Lipinski definition) is 0. The second-order valence-corrected chi connectivity index (χ2v) is 10.2. The van der Waals surface area contributed by atoms with Crippen LogP contribution in [-0.4, -0.2) is 24.8 Å². The molecular formula is C17H25O2P. The van der Waals surface area contributed by atoms with Gasteiger partial charge in [0.05, 0.1) is 12.3 Å². The molecule has 0 aliphatic heterocycles. The largest absolute Gasteiger partial charge is 0.875 e. The molecule has 0 N–H and O–H groups in total. The van der Waals surface area contributed by atoms with Gasteiger partial charge in [0.1, 0.15) is 5.66 Å². The molecule has 1 aromatic carbocycles. The number of ketones is 1. The van der Waals surface area contributed by atoms with Gasteiger partial charge in [-0.25, -0.2) is 0 Å². The molecule has 0 fully saturated rings. The Kier molecular flexibility index (Phi) is 5.95. The van der Waals surface area contributed by atoms with Crippen molar-refractivity contribution in [2.45, 2.75) is 33.4 Å². The first-order valence-electron chi connectivity index (χ1n) is 7.15. The molecule has 0 heterocycles. The zero-order chi connectivity index (χ0) is 15.3. The molecule has 1 aromatic rings. The Bertz CT molecular complexity index is 483. The van der Waals surface area contributed by atoms with Gasteiger partial charge in [-0.3, -0.25) is 4.79 Å². The van der Waals surface area contributed by atoms with Gasteiger partial charge in [-0.2, -0.15) is 0 Å². The van der Waals surface area contributed by atoms with Crippen LogP contribution in [0.3, 0.4) is 0 Å². The molecule has 1 atom stereocenters. The lowest BCUT2D eigenvalue weighted by molar-refractivity contribution is -0.303. The molecule has 0 saturated heterocycles. The number of benzene rings is 1. The van der Waals surface area contributed by atoms with Crippen molar-refractivity contribution in [1.29, 1.82) is 0 Å². The van der Waals surface area contributed by atoms with Crippen LogP contribution < -0.4 is 5.11 Å². The average molecular weight is 292 g/mol. The van der Waals surface area contributed by atoms with Crippen LogP contribution in [0.1, 0.15) is 38.9 Å². The fourth-order valence-electron chi connectivity index (χ4n) is 2.70. The number of hydrogen-bond acceptors (Lipinski definition) is 2. The molecule has 1 rings (SSSR count). The van der Waals surface area contributed by atoms with Crippen LogP contribution in [0.2, 0.25) is 0 Å². The maximum atomic E-state index is 12.0. The molecule has 0 aliphatic carbocycles. The molecule has 0 aliphatic rings. The summed E-state index contributed by atoms with van der Waals surface area (Å²) in [6, 6.07) is 10.0. The third-order valence-corrected chi connectivity index (χ3v) is 8.91. The highest BCUT2D eigenvalue weighted by molar-refractivity contribution is 7.75. The van der Waals surface area contributed by atoms with Gasteiger partial charge in [0, 0.05) is 19.5 Å². The van der Waals surface area contributed by atoms with E-state index in [1.807, 2.05) is 30.3 Å². The minimum Gasteiger partial charge on any atom is -0.875 e. The predicted octanol–water partition coefficient (Wildman–Crippen LogP) is 3.64. The molecule has 1 unspecified atom stereocenters. The summed E-state index contributed by atoms with van der Waals surface area (Å²) in [6.45, 7) is 9.65. The van der Waals surface area contributed by atoms with E-state index >= 15 is 0 Å². The van der Waals surface area contributed by atoms with Crippen molar-refractivity contribution in [2.75, 3.05) is 19.0 Å². The van der Waals surface area contributed by atoms with Crippen LogP contribution >= 0.6 is 7.26 Å². The molecule has 0 radical (unpaired) electrons. The topological polar surface area (TPSA) is 40.1 Å². The molecule has 110 valence electrons. The van der Waals surface area contributed by atoms with E-state index in [0.29, 0.717) is 5.57 Å². The molecule has 0 amide bonds. The smallest absolute Gasteiger partial charge is 0.159 e. The van der Waals surface area contributed by atoms with E-state index in [1.54, 1.807) is 0 Å². The van der Waals surface area contributed by atoms with Crippen LogP contribution in [0.15, 0.2) is 41.7 Å². The van der Waals surface area contributed by atoms with E-state index in [2.05, 4.69) is 20.5 Å². The third-order valence-electron chi connectivity index (χ3n) is 4.22. The Hall–Kier alpha value is -1.14. The number of allylic oxidation sites excluding steroid dienone is 2. The van der Waals surface area contributed by atoms with Gasteiger partial charge < -0.3 is 5.11 Å². The summed E-state index contributed by atoms with van der Waals surface area (Å²) < 4.78 is 0. The van der Waals surface area contributed by atoms with E-state index in [-0.39, 0.29) is 17.2 Å². The van der Waals surface area contributed by atoms with Crippen molar-refractivity contribution >= 4 is 13.0 Å². The molecule has 20 heavy (non-hydrogen) atoms. The Balaban J connectivity index is 3.51. The van der Waals surface area contributed by atoms with Crippen molar-refractivity contribution in [2.24, 2.45) is 0 Å². The van der Waals surface area contributed by atoms with Crippen molar-refractivity contribution in [3.8, 4) is 0 Å². The number of Topliss-reactive ketones (excluding diaryl/α,β-unsaturated/α-hetero) is 1. The van der Waals surface area contributed by atoms with Crippen molar-refractivity contribution in [1.82, 2.24) is 0 Å². The van der Waals surface area contributed by atoms with E-state index in [4.69, 9.17) is 0 Å². The second kappa shape index (κ2) is 7.04. The van der Waals surface area contributed by atoms with E-state index in [0.717, 1.165) is 17.9 Å². The summed E-state index contributed by atoms with van der Waals surface area (Å²) in [5.74, 6) is -0.168. The van der Waals surface area contributed by atoms with Crippen LogP contribution in [-0.2, 0) is 4.79 Å². The van der Waals surface area contributed by atoms with Crippen LogP contribution in [0, 0.1) is 0 Å². The number of rotatable bonds is 6. The van der Waals surface area contributed by atoms with Gasteiger partial charge in [0.2, 0.25) is 0 Å². The lowest BCUT2D eigenvalue weighted by Gasteiger charge is -2.33.